The molecule has 4 heteroatoms. The summed E-state index contributed by atoms with van der Waals surface area (Å²) < 4.78 is 10.4. The molecule has 0 saturated carbocycles. The van der Waals surface area contributed by atoms with E-state index >= 15 is 0 Å². The third kappa shape index (κ3) is 1.93. The first-order valence-electron chi connectivity index (χ1n) is 2.93. The Morgan fingerprint density at radius 1 is 1.45 bits per heavy atom. The van der Waals surface area contributed by atoms with E-state index in [1.807, 2.05) is 0 Å². The van der Waals surface area contributed by atoms with Crippen LogP contribution in [0.15, 0.2) is 24.3 Å². The average molecular weight is 168 g/mol. The van der Waals surface area contributed by atoms with Crippen LogP contribution in [0.1, 0.15) is 10.4 Å². The molecule has 0 aromatic heterocycles. The van der Waals surface area contributed by atoms with E-state index in [1.54, 1.807) is 6.07 Å². The second kappa shape index (κ2) is 3.37. The topological polar surface area (TPSA) is 57.2 Å². The third-order valence-corrected chi connectivity index (χ3v) is 1.92. The number of rotatable bonds is 2. The summed E-state index contributed by atoms with van der Waals surface area (Å²) >= 11 is 0. The summed E-state index contributed by atoms with van der Waals surface area (Å²) in [6.07, 6.45) is 0.613. The molecular formula is C7H5O3P. The van der Waals surface area contributed by atoms with Gasteiger partial charge < -0.3 is 4.89 Å². The van der Waals surface area contributed by atoms with Crippen LogP contribution in [0.3, 0.4) is 0 Å². The van der Waals surface area contributed by atoms with Crippen LogP contribution in [0.25, 0.3) is 0 Å². The molecule has 0 aliphatic heterocycles. The molecule has 0 aliphatic carbocycles. The maximum Gasteiger partial charge on any atom is 0.348 e. The van der Waals surface area contributed by atoms with Gasteiger partial charge in [0.1, 0.15) is 6.29 Å². The highest BCUT2D eigenvalue weighted by molar-refractivity contribution is 7.45. The predicted molar refractivity (Wildman–Crippen MR) is 39.1 cm³/mol. The van der Waals surface area contributed by atoms with E-state index in [0.29, 0.717) is 11.8 Å². The van der Waals surface area contributed by atoms with Crippen LogP contribution in [0.4, 0.5) is 0 Å². The highest BCUT2D eigenvalue weighted by Gasteiger charge is 2.05. The van der Waals surface area contributed by atoms with Crippen molar-refractivity contribution in [3.05, 3.63) is 29.8 Å². The lowest BCUT2D eigenvalue weighted by Crippen LogP contribution is -2.04. The molecule has 1 unspecified atom stereocenters. The summed E-state index contributed by atoms with van der Waals surface area (Å²) in [5.41, 5.74) is 0.377. The zero-order valence-electron chi connectivity index (χ0n) is 5.56. The van der Waals surface area contributed by atoms with E-state index < -0.39 is 8.03 Å². The monoisotopic (exact) mass is 168 g/mol. The lowest BCUT2D eigenvalue weighted by atomic mass is 10.2. The van der Waals surface area contributed by atoms with Crippen LogP contribution < -0.4 is 10.2 Å². The molecule has 0 fully saturated rings. The Kier molecular flexibility index (Phi) is 2.47. The number of hydrogen-bond acceptors (Lipinski definition) is 3. The Balaban J connectivity index is 3.10. The zero-order valence-corrected chi connectivity index (χ0v) is 6.45. The number of hydrogen-bond donors (Lipinski definition) is 0. The minimum Gasteiger partial charge on any atom is -0.591 e. The van der Waals surface area contributed by atoms with Gasteiger partial charge in [0.2, 0.25) is 0 Å². The first kappa shape index (κ1) is 8.05. The minimum atomic E-state index is -2.58. The molecule has 1 rings (SSSR count). The highest BCUT2D eigenvalue weighted by atomic mass is 31.1. The first-order chi connectivity index (χ1) is 5.24. The Hall–Kier alpha value is -1.05. The maximum atomic E-state index is 10.4. The third-order valence-electron chi connectivity index (χ3n) is 1.22. The molecule has 3 nitrogen and oxygen atoms in total. The van der Waals surface area contributed by atoms with Crippen molar-refractivity contribution < 1.29 is 14.3 Å². The minimum absolute atomic E-state index is 0.171. The van der Waals surface area contributed by atoms with Crippen LogP contribution in [0, 0.1) is 0 Å². The molecular weight excluding hydrogens is 163 g/mol. The van der Waals surface area contributed by atoms with Gasteiger partial charge in [-0.05, 0) is 6.07 Å². The van der Waals surface area contributed by atoms with Gasteiger partial charge in [0, 0.05) is 11.6 Å². The zero-order chi connectivity index (χ0) is 8.27. The molecule has 0 heterocycles. The molecule has 1 aromatic rings. The number of carbonyl (C=O) groups excluding carboxylic acids is 1. The van der Waals surface area contributed by atoms with Crippen LogP contribution in [-0.2, 0) is 4.57 Å². The van der Waals surface area contributed by atoms with E-state index in [-0.39, 0.29) is 5.30 Å². The lowest BCUT2D eigenvalue weighted by molar-refractivity contribution is -0.160. The van der Waals surface area contributed by atoms with E-state index in [1.165, 1.54) is 18.2 Å². The standard InChI is InChI=1S/C7H5O3P/c8-5-6-2-1-3-7(4-6)11(9)10/h1-5H. The molecule has 0 N–H and O–H groups in total. The summed E-state index contributed by atoms with van der Waals surface area (Å²) in [6.45, 7) is 0. The Morgan fingerprint density at radius 3 is 2.73 bits per heavy atom. The fourth-order valence-electron chi connectivity index (χ4n) is 0.712. The normalized spacial score (nSPS) is 10.8. The van der Waals surface area contributed by atoms with Gasteiger partial charge in [0.25, 0.3) is 0 Å². The summed E-state index contributed by atoms with van der Waals surface area (Å²) in [6, 6.07) is 5.86. The van der Waals surface area contributed by atoms with Crippen molar-refractivity contribution >= 4 is 19.6 Å². The maximum absolute atomic E-state index is 10.4. The van der Waals surface area contributed by atoms with Gasteiger partial charge in [-0.2, -0.15) is 0 Å². The molecule has 0 spiro atoms. The van der Waals surface area contributed by atoms with E-state index in [4.69, 9.17) is 0 Å². The van der Waals surface area contributed by atoms with Crippen molar-refractivity contribution in [2.45, 2.75) is 0 Å². The van der Waals surface area contributed by atoms with Crippen molar-refractivity contribution in [2.24, 2.45) is 0 Å². The molecule has 0 bridgehead atoms. The second-order valence-electron chi connectivity index (χ2n) is 1.97. The summed E-state index contributed by atoms with van der Waals surface area (Å²) in [7, 11) is -2.58. The number of aldehydes is 1. The van der Waals surface area contributed by atoms with Crippen LogP contribution in [0.5, 0.6) is 0 Å². The van der Waals surface area contributed by atoms with Gasteiger partial charge in [0.05, 0.1) is 0 Å². The molecule has 0 saturated heterocycles. The van der Waals surface area contributed by atoms with E-state index in [2.05, 4.69) is 0 Å². The number of carbonyl (C=O) groups is 1. The first-order valence-corrected chi connectivity index (χ1v) is 4.11. The average Bonchev–Trinajstić information content (AvgIpc) is 2.05. The molecule has 0 aliphatic rings. The molecule has 1 aromatic carbocycles. The van der Waals surface area contributed by atoms with Crippen molar-refractivity contribution in [2.75, 3.05) is 0 Å². The van der Waals surface area contributed by atoms with Crippen LogP contribution in [-0.4, -0.2) is 6.29 Å². The summed E-state index contributed by atoms with van der Waals surface area (Å²) in [5, 5.41) is 0.171. The van der Waals surface area contributed by atoms with Crippen molar-refractivity contribution in [1.29, 1.82) is 0 Å². The molecule has 11 heavy (non-hydrogen) atoms. The number of benzene rings is 1. The van der Waals surface area contributed by atoms with Gasteiger partial charge in [-0.1, -0.05) is 16.7 Å². The molecule has 0 amide bonds. The van der Waals surface area contributed by atoms with Gasteiger partial charge in [-0.3, -0.25) is 4.79 Å². The van der Waals surface area contributed by atoms with Gasteiger partial charge in [-0.15, -0.1) is 0 Å². The predicted octanol–water partition coefficient (Wildman–Crippen LogP) is 0.227. The Labute approximate surface area is 64.5 Å². The fraction of sp³-hybridized carbons (Fsp3) is 0. The highest BCUT2D eigenvalue weighted by Crippen LogP contribution is 2.07. The van der Waals surface area contributed by atoms with Crippen molar-refractivity contribution in [1.82, 2.24) is 0 Å². The Bertz CT molecular complexity index is 295. The van der Waals surface area contributed by atoms with Crippen molar-refractivity contribution in [3.63, 3.8) is 0 Å². The van der Waals surface area contributed by atoms with Crippen LogP contribution >= 0.6 is 8.03 Å². The largest absolute Gasteiger partial charge is 0.591 e. The summed E-state index contributed by atoms with van der Waals surface area (Å²) in [5.74, 6) is 0. The Morgan fingerprint density at radius 2 is 2.18 bits per heavy atom. The molecule has 56 valence electrons. The lowest BCUT2D eigenvalue weighted by Gasteiger charge is -1.89. The SMILES string of the molecule is O=Cc1cccc([P+](=O)[O-])c1. The van der Waals surface area contributed by atoms with Crippen molar-refractivity contribution in [3.8, 4) is 0 Å². The fourth-order valence-corrected chi connectivity index (χ4v) is 1.17. The van der Waals surface area contributed by atoms with E-state index in [0.717, 1.165) is 0 Å². The quantitative estimate of drug-likeness (QED) is 0.469. The second-order valence-corrected chi connectivity index (χ2v) is 3.00. The van der Waals surface area contributed by atoms with E-state index in [9.17, 15) is 14.3 Å². The van der Waals surface area contributed by atoms with Gasteiger partial charge in [0.15, 0.2) is 5.30 Å². The summed E-state index contributed by atoms with van der Waals surface area (Å²) in [4.78, 5) is 20.6. The molecule has 0 radical (unpaired) electrons. The van der Waals surface area contributed by atoms with Crippen LogP contribution in [0.2, 0.25) is 0 Å². The van der Waals surface area contributed by atoms with Gasteiger partial charge >= 0.3 is 8.03 Å². The smallest absolute Gasteiger partial charge is 0.348 e. The van der Waals surface area contributed by atoms with Gasteiger partial charge in [-0.25, -0.2) is 0 Å². The molecule has 1 atom stereocenters.